The van der Waals surface area contributed by atoms with E-state index in [1.807, 2.05) is 0 Å². The zero-order valence-corrected chi connectivity index (χ0v) is 7.40. The molecule has 0 bridgehead atoms. The normalized spacial score (nSPS) is 10.0. The van der Waals surface area contributed by atoms with Crippen LogP contribution in [-0.2, 0) is 4.79 Å². The molecule has 0 unspecified atom stereocenters. The number of anilines is 1. The molecule has 0 aliphatic carbocycles. The molecule has 1 amide bonds. The molecule has 1 aromatic carbocycles. The molecular weight excluding hydrogens is 195 g/mol. The van der Waals surface area contributed by atoms with Crippen LogP contribution in [0.5, 0.6) is 0 Å². The van der Waals surface area contributed by atoms with Crippen molar-refractivity contribution in [3.8, 4) is 0 Å². The summed E-state index contributed by atoms with van der Waals surface area (Å²) in [7, 11) is 0. The van der Waals surface area contributed by atoms with Crippen LogP contribution in [0, 0.1) is 17.5 Å². The van der Waals surface area contributed by atoms with Gasteiger partial charge in [0.2, 0.25) is 5.91 Å². The Morgan fingerprint density at radius 2 is 1.79 bits per heavy atom. The molecule has 0 heterocycles. The fourth-order valence-corrected chi connectivity index (χ4v) is 0.877. The standard InChI is InChI=1S/C9H8F3NO/c1-2-8(14)13-5-3-6(10)9(12)7(11)4-5/h3-4H,2H2,1H3,(H,13,14). The number of nitrogens with one attached hydrogen (secondary N) is 1. The molecule has 0 atom stereocenters. The van der Waals surface area contributed by atoms with Crippen molar-refractivity contribution in [3.05, 3.63) is 29.6 Å². The molecule has 0 radical (unpaired) electrons. The molecule has 0 aromatic heterocycles. The second kappa shape index (κ2) is 4.13. The molecule has 0 aliphatic heterocycles. The van der Waals surface area contributed by atoms with Gasteiger partial charge in [-0.1, -0.05) is 6.92 Å². The Labute approximate surface area is 78.7 Å². The molecule has 1 aromatic rings. The summed E-state index contributed by atoms with van der Waals surface area (Å²) >= 11 is 0. The first-order valence-electron chi connectivity index (χ1n) is 3.99. The van der Waals surface area contributed by atoms with E-state index in [1.165, 1.54) is 0 Å². The van der Waals surface area contributed by atoms with Crippen LogP contribution in [0.1, 0.15) is 13.3 Å². The predicted molar refractivity (Wildman–Crippen MR) is 45.2 cm³/mol. The largest absolute Gasteiger partial charge is 0.326 e. The highest BCUT2D eigenvalue weighted by Crippen LogP contribution is 2.17. The lowest BCUT2D eigenvalue weighted by atomic mass is 10.2. The van der Waals surface area contributed by atoms with Gasteiger partial charge in [-0.25, -0.2) is 13.2 Å². The van der Waals surface area contributed by atoms with E-state index >= 15 is 0 Å². The topological polar surface area (TPSA) is 29.1 Å². The van der Waals surface area contributed by atoms with Crippen LogP contribution in [0.25, 0.3) is 0 Å². The van der Waals surface area contributed by atoms with E-state index in [4.69, 9.17) is 0 Å². The van der Waals surface area contributed by atoms with Crippen molar-refractivity contribution in [1.29, 1.82) is 0 Å². The first kappa shape index (κ1) is 10.6. The van der Waals surface area contributed by atoms with E-state index in [0.29, 0.717) is 0 Å². The van der Waals surface area contributed by atoms with Gasteiger partial charge < -0.3 is 5.32 Å². The quantitative estimate of drug-likeness (QED) is 0.735. The first-order chi connectivity index (χ1) is 6.54. The summed E-state index contributed by atoms with van der Waals surface area (Å²) in [6.45, 7) is 1.59. The third kappa shape index (κ3) is 2.25. The van der Waals surface area contributed by atoms with Crippen LogP contribution in [0.4, 0.5) is 18.9 Å². The molecule has 76 valence electrons. The fraction of sp³-hybridized carbons (Fsp3) is 0.222. The number of rotatable bonds is 2. The third-order valence-electron chi connectivity index (χ3n) is 1.59. The van der Waals surface area contributed by atoms with Gasteiger partial charge in [-0.3, -0.25) is 4.79 Å². The van der Waals surface area contributed by atoms with Crippen LogP contribution in [0.15, 0.2) is 12.1 Å². The number of hydrogen-bond acceptors (Lipinski definition) is 1. The van der Waals surface area contributed by atoms with Crippen molar-refractivity contribution in [2.75, 3.05) is 5.32 Å². The minimum atomic E-state index is -1.54. The van der Waals surface area contributed by atoms with Crippen LogP contribution in [0.3, 0.4) is 0 Å². The van der Waals surface area contributed by atoms with Crippen LogP contribution >= 0.6 is 0 Å². The van der Waals surface area contributed by atoms with Crippen LogP contribution in [0.2, 0.25) is 0 Å². The number of carbonyl (C=O) groups excluding carboxylic acids is 1. The van der Waals surface area contributed by atoms with Crippen molar-refractivity contribution in [1.82, 2.24) is 0 Å². The Morgan fingerprint density at radius 3 is 2.21 bits per heavy atom. The molecule has 0 saturated carbocycles. The van der Waals surface area contributed by atoms with Gasteiger partial charge in [-0.2, -0.15) is 0 Å². The zero-order valence-electron chi connectivity index (χ0n) is 7.40. The fourth-order valence-electron chi connectivity index (χ4n) is 0.877. The number of carbonyl (C=O) groups is 1. The molecule has 14 heavy (non-hydrogen) atoms. The highest BCUT2D eigenvalue weighted by Gasteiger charge is 2.11. The number of halogens is 3. The van der Waals surface area contributed by atoms with Gasteiger partial charge in [-0.05, 0) is 0 Å². The lowest BCUT2D eigenvalue weighted by molar-refractivity contribution is -0.115. The minimum Gasteiger partial charge on any atom is -0.326 e. The molecule has 0 spiro atoms. The summed E-state index contributed by atoms with van der Waals surface area (Å²) in [5.41, 5.74) is -0.0896. The van der Waals surface area contributed by atoms with Gasteiger partial charge in [0.05, 0.1) is 0 Å². The predicted octanol–water partition coefficient (Wildman–Crippen LogP) is 2.45. The van der Waals surface area contributed by atoms with Gasteiger partial charge in [0, 0.05) is 24.2 Å². The van der Waals surface area contributed by atoms with E-state index in [-0.39, 0.29) is 12.1 Å². The highest BCUT2D eigenvalue weighted by atomic mass is 19.2. The first-order valence-corrected chi connectivity index (χ1v) is 3.99. The zero-order chi connectivity index (χ0) is 10.7. The number of amides is 1. The molecule has 0 aliphatic rings. The van der Waals surface area contributed by atoms with Gasteiger partial charge in [0.1, 0.15) is 0 Å². The Morgan fingerprint density at radius 1 is 1.29 bits per heavy atom. The molecule has 1 rings (SSSR count). The monoisotopic (exact) mass is 203 g/mol. The number of hydrogen-bond donors (Lipinski definition) is 1. The van der Waals surface area contributed by atoms with Gasteiger partial charge in [0.15, 0.2) is 17.5 Å². The summed E-state index contributed by atoms with van der Waals surface area (Å²) in [5.74, 6) is -4.58. The maximum absolute atomic E-state index is 12.6. The Kier molecular flexibility index (Phi) is 3.11. The maximum atomic E-state index is 12.6. The van der Waals surface area contributed by atoms with Gasteiger partial charge in [-0.15, -0.1) is 0 Å². The van der Waals surface area contributed by atoms with Crippen molar-refractivity contribution in [2.24, 2.45) is 0 Å². The molecule has 0 saturated heterocycles. The van der Waals surface area contributed by atoms with Crippen molar-refractivity contribution in [3.63, 3.8) is 0 Å². The minimum absolute atomic E-state index is 0.0896. The molecule has 5 heteroatoms. The summed E-state index contributed by atoms with van der Waals surface area (Å²) in [6, 6.07) is 1.46. The van der Waals surface area contributed by atoms with Crippen molar-refractivity contribution >= 4 is 11.6 Å². The average molecular weight is 203 g/mol. The lowest BCUT2D eigenvalue weighted by Gasteiger charge is -2.04. The van der Waals surface area contributed by atoms with Crippen molar-refractivity contribution in [2.45, 2.75) is 13.3 Å². The molecule has 2 nitrogen and oxygen atoms in total. The highest BCUT2D eigenvalue weighted by molar-refractivity contribution is 5.90. The van der Waals surface area contributed by atoms with Gasteiger partial charge in [0.25, 0.3) is 0 Å². The van der Waals surface area contributed by atoms with E-state index in [2.05, 4.69) is 5.32 Å². The van der Waals surface area contributed by atoms with Gasteiger partial charge >= 0.3 is 0 Å². The van der Waals surface area contributed by atoms with Crippen LogP contribution < -0.4 is 5.32 Å². The Balaban J connectivity index is 2.95. The smallest absolute Gasteiger partial charge is 0.224 e. The van der Waals surface area contributed by atoms with E-state index in [1.54, 1.807) is 6.92 Å². The summed E-state index contributed by atoms with van der Waals surface area (Å²) in [6.07, 6.45) is 0.181. The Hall–Kier alpha value is -1.52. The SMILES string of the molecule is CCC(=O)Nc1cc(F)c(F)c(F)c1. The lowest BCUT2D eigenvalue weighted by Crippen LogP contribution is -2.10. The van der Waals surface area contributed by atoms with Crippen LogP contribution in [-0.4, -0.2) is 5.91 Å². The van der Waals surface area contributed by atoms with Crippen molar-refractivity contribution < 1.29 is 18.0 Å². The number of benzene rings is 1. The molecule has 0 fully saturated rings. The summed E-state index contributed by atoms with van der Waals surface area (Å²) in [4.78, 5) is 10.8. The third-order valence-corrected chi connectivity index (χ3v) is 1.59. The molecule has 1 N–H and O–H groups in total. The van der Waals surface area contributed by atoms with E-state index in [0.717, 1.165) is 12.1 Å². The molecular formula is C9H8F3NO. The summed E-state index contributed by atoms with van der Waals surface area (Å²) < 4.78 is 37.7. The average Bonchev–Trinajstić information content (AvgIpc) is 2.14. The second-order valence-corrected chi connectivity index (χ2v) is 2.66. The second-order valence-electron chi connectivity index (χ2n) is 2.66. The van der Waals surface area contributed by atoms with E-state index in [9.17, 15) is 18.0 Å². The summed E-state index contributed by atoms with van der Waals surface area (Å²) in [5, 5.41) is 2.21. The maximum Gasteiger partial charge on any atom is 0.224 e. The van der Waals surface area contributed by atoms with E-state index < -0.39 is 23.4 Å². The Bertz CT molecular complexity index is 342.